The standard InChI is InChI=1S/C10H18O2/c1-2-10(5-3-4-6-10)7-9(12)8-11/h11H,2-8H2,1H3. The Hall–Kier alpha value is -0.370. The van der Waals surface area contributed by atoms with Crippen LogP contribution in [0, 0.1) is 5.41 Å². The van der Waals surface area contributed by atoms with Gasteiger partial charge >= 0.3 is 0 Å². The SMILES string of the molecule is CCC1(CC(=O)CO)CCCC1. The molecule has 1 saturated carbocycles. The Morgan fingerprint density at radius 1 is 1.42 bits per heavy atom. The van der Waals surface area contributed by atoms with Crippen LogP contribution in [0.5, 0.6) is 0 Å². The first-order valence-corrected chi connectivity index (χ1v) is 4.85. The van der Waals surface area contributed by atoms with Crippen molar-refractivity contribution < 1.29 is 9.90 Å². The molecule has 1 rings (SSSR count). The molecular formula is C10H18O2. The summed E-state index contributed by atoms with van der Waals surface area (Å²) in [6, 6.07) is 0. The maximum absolute atomic E-state index is 11.1. The van der Waals surface area contributed by atoms with E-state index in [-0.39, 0.29) is 17.8 Å². The maximum atomic E-state index is 11.1. The van der Waals surface area contributed by atoms with Crippen LogP contribution in [0.3, 0.4) is 0 Å². The molecule has 0 saturated heterocycles. The van der Waals surface area contributed by atoms with Gasteiger partial charge in [-0.3, -0.25) is 4.79 Å². The lowest BCUT2D eigenvalue weighted by atomic mass is 9.79. The molecule has 1 N–H and O–H groups in total. The van der Waals surface area contributed by atoms with Gasteiger partial charge in [0.05, 0.1) is 0 Å². The zero-order valence-corrected chi connectivity index (χ0v) is 7.81. The summed E-state index contributed by atoms with van der Waals surface area (Å²) < 4.78 is 0. The molecule has 0 spiro atoms. The molecule has 1 aliphatic carbocycles. The van der Waals surface area contributed by atoms with Crippen LogP contribution >= 0.6 is 0 Å². The summed E-state index contributed by atoms with van der Waals surface area (Å²) in [7, 11) is 0. The van der Waals surface area contributed by atoms with E-state index < -0.39 is 0 Å². The van der Waals surface area contributed by atoms with Crippen LogP contribution < -0.4 is 0 Å². The van der Waals surface area contributed by atoms with E-state index >= 15 is 0 Å². The van der Waals surface area contributed by atoms with Gasteiger partial charge in [0, 0.05) is 6.42 Å². The molecule has 0 aliphatic heterocycles. The minimum atomic E-state index is -0.276. The molecule has 2 nitrogen and oxygen atoms in total. The topological polar surface area (TPSA) is 37.3 Å². The van der Waals surface area contributed by atoms with Crippen LogP contribution in [0.1, 0.15) is 45.4 Å². The number of aliphatic hydroxyl groups excluding tert-OH is 1. The summed E-state index contributed by atoms with van der Waals surface area (Å²) in [6.07, 6.45) is 6.54. The van der Waals surface area contributed by atoms with E-state index in [2.05, 4.69) is 6.92 Å². The Morgan fingerprint density at radius 3 is 2.42 bits per heavy atom. The zero-order chi connectivity index (χ0) is 9.03. The van der Waals surface area contributed by atoms with E-state index in [1.807, 2.05) is 0 Å². The van der Waals surface area contributed by atoms with E-state index in [1.165, 1.54) is 25.7 Å². The van der Waals surface area contributed by atoms with Gasteiger partial charge in [-0.15, -0.1) is 0 Å². The molecule has 0 aromatic rings. The molecule has 1 aliphatic rings. The van der Waals surface area contributed by atoms with Crippen molar-refractivity contribution in [2.45, 2.75) is 45.4 Å². The molecule has 0 bridgehead atoms. The molecule has 0 heterocycles. The first-order valence-electron chi connectivity index (χ1n) is 4.85. The van der Waals surface area contributed by atoms with Crippen molar-refractivity contribution in [3.05, 3.63) is 0 Å². The number of carbonyl (C=O) groups is 1. The molecule has 0 atom stereocenters. The van der Waals surface area contributed by atoms with Crippen LogP contribution in [0.15, 0.2) is 0 Å². The Morgan fingerprint density at radius 2 is 2.00 bits per heavy atom. The number of hydrogen-bond donors (Lipinski definition) is 1. The van der Waals surface area contributed by atoms with Crippen molar-refractivity contribution in [1.29, 1.82) is 0 Å². The third-order valence-electron chi connectivity index (χ3n) is 3.16. The minimum Gasteiger partial charge on any atom is -0.389 e. The predicted molar refractivity (Wildman–Crippen MR) is 47.9 cm³/mol. The fraction of sp³-hybridized carbons (Fsp3) is 0.900. The van der Waals surface area contributed by atoms with E-state index in [1.54, 1.807) is 0 Å². The average molecular weight is 170 g/mol. The zero-order valence-electron chi connectivity index (χ0n) is 7.81. The third kappa shape index (κ3) is 2.07. The minimum absolute atomic E-state index is 0.0127. The van der Waals surface area contributed by atoms with Crippen LogP contribution in [0.25, 0.3) is 0 Å². The van der Waals surface area contributed by atoms with E-state index in [0.717, 1.165) is 6.42 Å². The van der Waals surface area contributed by atoms with Crippen molar-refractivity contribution in [2.24, 2.45) is 5.41 Å². The number of rotatable bonds is 4. The van der Waals surface area contributed by atoms with E-state index in [9.17, 15) is 4.79 Å². The molecule has 0 amide bonds. The molecule has 12 heavy (non-hydrogen) atoms. The lowest BCUT2D eigenvalue weighted by Gasteiger charge is -2.25. The number of hydrogen-bond acceptors (Lipinski definition) is 2. The summed E-state index contributed by atoms with van der Waals surface area (Å²) >= 11 is 0. The monoisotopic (exact) mass is 170 g/mol. The molecule has 2 heteroatoms. The number of Topliss-reactive ketones (excluding diaryl/α,β-unsaturated/α-hetero) is 1. The smallest absolute Gasteiger partial charge is 0.158 e. The summed E-state index contributed by atoms with van der Waals surface area (Å²) in [5.41, 5.74) is 0.250. The highest BCUT2D eigenvalue weighted by molar-refractivity contribution is 5.80. The Kier molecular flexibility index (Phi) is 3.27. The van der Waals surface area contributed by atoms with Gasteiger partial charge in [0.1, 0.15) is 6.61 Å². The van der Waals surface area contributed by atoms with Gasteiger partial charge < -0.3 is 5.11 Å². The van der Waals surface area contributed by atoms with E-state index in [0.29, 0.717) is 6.42 Å². The second kappa shape index (κ2) is 4.04. The van der Waals surface area contributed by atoms with Crippen LogP contribution in [0.4, 0.5) is 0 Å². The van der Waals surface area contributed by atoms with Gasteiger partial charge in [-0.25, -0.2) is 0 Å². The molecule has 1 fully saturated rings. The van der Waals surface area contributed by atoms with Gasteiger partial charge in [-0.1, -0.05) is 26.2 Å². The molecular weight excluding hydrogens is 152 g/mol. The third-order valence-corrected chi connectivity index (χ3v) is 3.16. The van der Waals surface area contributed by atoms with Crippen LogP contribution in [-0.2, 0) is 4.79 Å². The normalized spacial score (nSPS) is 21.2. The van der Waals surface area contributed by atoms with Crippen LogP contribution in [0.2, 0.25) is 0 Å². The highest BCUT2D eigenvalue weighted by atomic mass is 16.3. The Bertz CT molecular complexity index is 157. The molecule has 0 aromatic carbocycles. The van der Waals surface area contributed by atoms with Gasteiger partial charge in [0.25, 0.3) is 0 Å². The lowest BCUT2D eigenvalue weighted by molar-refractivity contribution is -0.124. The fourth-order valence-electron chi connectivity index (χ4n) is 2.25. The predicted octanol–water partition coefficient (Wildman–Crippen LogP) is 1.91. The van der Waals surface area contributed by atoms with E-state index in [4.69, 9.17) is 5.11 Å². The summed E-state index contributed by atoms with van der Waals surface area (Å²) in [5, 5.41) is 8.66. The van der Waals surface area contributed by atoms with Crippen molar-refractivity contribution >= 4 is 5.78 Å². The fourth-order valence-corrected chi connectivity index (χ4v) is 2.25. The number of carbonyl (C=O) groups excluding carboxylic acids is 1. The average Bonchev–Trinajstić information content (AvgIpc) is 2.54. The second-order valence-electron chi connectivity index (χ2n) is 3.93. The highest BCUT2D eigenvalue weighted by Gasteiger charge is 2.33. The Labute approximate surface area is 74.0 Å². The molecule has 0 aromatic heterocycles. The summed E-state index contributed by atoms with van der Waals surface area (Å²) in [6.45, 7) is 1.87. The first-order chi connectivity index (χ1) is 5.72. The summed E-state index contributed by atoms with van der Waals surface area (Å²) in [4.78, 5) is 11.1. The van der Waals surface area contributed by atoms with Gasteiger partial charge in [-0.05, 0) is 18.3 Å². The largest absolute Gasteiger partial charge is 0.389 e. The highest BCUT2D eigenvalue weighted by Crippen LogP contribution is 2.43. The van der Waals surface area contributed by atoms with Crippen molar-refractivity contribution in [1.82, 2.24) is 0 Å². The summed E-state index contributed by atoms with van der Waals surface area (Å²) in [5.74, 6) is 0.0127. The first kappa shape index (κ1) is 9.72. The van der Waals surface area contributed by atoms with Gasteiger partial charge in [0.2, 0.25) is 0 Å². The van der Waals surface area contributed by atoms with Crippen molar-refractivity contribution in [3.63, 3.8) is 0 Å². The molecule has 0 unspecified atom stereocenters. The van der Waals surface area contributed by atoms with Gasteiger partial charge in [0.15, 0.2) is 5.78 Å². The Balaban J connectivity index is 2.49. The number of ketones is 1. The lowest BCUT2D eigenvalue weighted by Crippen LogP contribution is -2.21. The molecule has 70 valence electrons. The van der Waals surface area contributed by atoms with Gasteiger partial charge in [-0.2, -0.15) is 0 Å². The van der Waals surface area contributed by atoms with Crippen molar-refractivity contribution in [2.75, 3.05) is 6.61 Å². The van der Waals surface area contributed by atoms with Crippen LogP contribution in [-0.4, -0.2) is 17.5 Å². The second-order valence-corrected chi connectivity index (χ2v) is 3.93. The van der Waals surface area contributed by atoms with Crippen molar-refractivity contribution in [3.8, 4) is 0 Å². The maximum Gasteiger partial charge on any atom is 0.158 e. The molecule has 0 radical (unpaired) electrons. The number of aliphatic hydroxyl groups is 1. The quantitative estimate of drug-likeness (QED) is 0.699.